The predicted octanol–water partition coefficient (Wildman–Crippen LogP) is 4.54. The molecule has 0 aromatic heterocycles. The van der Waals surface area contributed by atoms with E-state index in [-0.39, 0.29) is 12.2 Å². The van der Waals surface area contributed by atoms with Gasteiger partial charge >= 0.3 is 0 Å². The van der Waals surface area contributed by atoms with Crippen molar-refractivity contribution in [2.45, 2.75) is 0 Å². The normalized spacial score (nSPS) is 10.3. The van der Waals surface area contributed by atoms with Crippen LogP contribution in [0.5, 0.6) is 0 Å². The van der Waals surface area contributed by atoms with Gasteiger partial charge in [0.2, 0.25) is 5.91 Å². The smallest absolute Gasteiger partial charge is 0.243 e. The number of carbonyl (C=O) groups excluding carboxylic acids is 1. The molecule has 0 heterocycles. The number of hydrogen-bond donors (Lipinski definition) is 2. The van der Waals surface area contributed by atoms with E-state index in [0.717, 1.165) is 16.6 Å². The number of rotatable bonds is 4. The molecule has 2 aromatic carbocycles. The van der Waals surface area contributed by atoms with Gasteiger partial charge in [0.1, 0.15) is 17.3 Å². The number of amides is 1. The SMILES string of the molecule is O=C(CNc1c(F)cc(Br)cc1F)Nc1ccc(Br)cc1. The van der Waals surface area contributed by atoms with Crippen molar-refractivity contribution in [3.05, 3.63) is 57.0 Å². The Bertz CT molecular complexity index is 640. The Hall–Kier alpha value is -1.47. The standard InChI is InChI=1S/C14H10Br2F2N2O/c15-8-1-3-10(4-2-8)20-13(21)7-19-14-11(17)5-9(16)6-12(14)18/h1-6,19H,7H2,(H,20,21). The number of anilines is 2. The van der Waals surface area contributed by atoms with Gasteiger partial charge in [-0.2, -0.15) is 0 Å². The average Bonchev–Trinajstić information content (AvgIpc) is 2.40. The molecular weight excluding hydrogens is 410 g/mol. The highest BCUT2D eigenvalue weighted by molar-refractivity contribution is 9.10. The van der Waals surface area contributed by atoms with Crippen LogP contribution in [-0.2, 0) is 4.79 Å². The lowest BCUT2D eigenvalue weighted by molar-refractivity contribution is -0.114. The van der Waals surface area contributed by atoms with E-state index in [1.165, 1.54) is 0 Å². The van der Waals surface area contributed by atoms with Gasteiger partial charge in [-0.05, 0) is 36.4 Å². The van der Waals surface area contributed by atoms with E-state index < -0.39 is 17.5 Å². The highest BCUT2D eigenvalue weighted by Crippen LogP contribution is 2.23. The summed E-state index contributed by atoms with van der Waals surface area (Å²) in [5.41, 5.74) is 0.269. The molecule has 0 unspecified atom stereocenters. The van der Waals surface area contributed by atoms with Gasteiger partial charge in [0.05, 0.1) is 6.54 Å². The fourth-order valence-corrected chi connectivity index (χ4v) is 2.28. The molecule has 1 amide bonds. The van der Waals surface area contributed by atoms with Gasteiger partial charge in [-0.15, -0.1) is 0 Å². The van der Waals surface area contributed by atoms with Crippen LogP contribution in [0.1, 0.15) is 0 Å². The molecule has 3 nitrogen and oxygen atoms in total. The lowest BCUT2D eigenvalue weighted by atomic mass is 10.3. The molecule has 2 rings (SSSR count). The van der Waals surface area contributed by atoms with Crippen molar-refractivity contribution >= 4 is 49.1 Å². The summed E-state index contributed by atoms with van der Waals surface area (Å²) in [5.74, 6) is -1.93. The molecule has 2 N–H and O–H groups in total. The molecule has 0 atom stereocenters. The van der Waals surface area contributed by atoms with Crippen molar-refractivity contribution in [3.8, 4) is 0 Å². The number of carbonyl (C=O) groups is 1. The second-order valence-electron chi connectivity index (χ2n) is 4.15. The average molecular weight is 420 g/mol. The highest BCUT2D eigenvalue weighted by atomic mass is 79.9. The Morgan fingerprint density at radius 3 is 2.14 bits per heavy atom. The monoisotopic (exact) mass is 418 g/mol. The second kappa shape index (κ2) is 7.00. The first-order chi connectivity index (χ1) is 9.95. The molecule has 110 valence electrons. The Morgan fingerprint density at radius 1 is 1.00 bits per heavy atom. The first kappa shape index (κ1) is 15.9. The molecule has 0 bridgehead atoms. The van der Waals surface area contributed by atoms with Gasteiger partial charge in [-0.1, -0.05) is 31.9 Å². The van der Waals surface area contributed by atoms with Crippen LogP contribution >= 0.6 is 31.9 Å². The number of halogens is 4. The first-order valence-corrected chi connectivity index (χ1v) is 7.48. The zero-order valence-electron chi connectivity index (χ0n) is 10.6. The minimum absolute atomic E-state index is 0.245. The topological polar surface area (TPSA) is 41.1 Å². The second-order valence-corrected chi connectivity index (χ2v) is 5.98. The summed E-state index contributed by atoms with van der Waals surface area (Å²) in [4.78, 5) is 11.7. The van der Waals surface area contributed by atoms with E-state index in [4.69, 9.17) is 0 Å². The largest absolute Gasteiger partial charge is 0.371 e. The Balaban J connectivity index is 1.97. The van der Waals surface area contributed by atoms with Crippen molar-refractivity contribution in [1.82, 2.24) is 0 Å². The molecule has 0 saturated carbocycles. The van der Waals surface area contributed by atoms with E-state index in [0.29, 0.717) is 10.2 Å². The van der Waals surface area contributed by atoms with Crippen molar-refractivity contribution in [2.75, 3.05) is 17.2 Å². The summed E-state index contributed by atoms with van der Waals surface area (Å²) in [6, 6.07) is 9.22. The summed E-state index contributed by atoms with van der Waals surface area (Å²) in [6.07, 6.45) is 0. The van der Waals surface area contributed by atoms with Gasteiger partial charge in [0.15, 0.2) is 0 Å². The summed E-state index contributed by atoms with van der Waals surface area (Å²) >= 11 is 6.27. The van der Waals surface area contributed by atoms with Crippen LogP contribution in [0.3, 0.4) is 0 Å². The minimum atomic E-state index is -0.765. The molecule has 7 heteroatoms. The zero-order chi connectivity index (χ0) is 15.4. The summed E-state index contributed by atoms with van der Waals surface area (Å²) < 4.78 is 28.3. The molecule has 21 heavy (non-hydrogen) atoms. The summed E-state index contributed by atoms with van der Waals surface area (Å²) in [5, 5.41) is 5.06. The molecule has 0 radical (unpaired) electrons. The van der Waals surface area contributed by atoms with E-state index in [2.05, 4.69) is 42.5 Å². The highest BCUT2D eigenvalue weighted by Gasteiger charge is 2.11. The van der Waals surface area contributed by atoms with Crippen molar-refractivity contribution in [1.29, 1.82) is 0 Å². The molecule has 0 spiro atoms. The third-order valence-corrected chi connectivity index (χ3v) is 3.55. The molecule has 0 aliphatic heterocycles. The third-order valence-electron chi connectivity index (χ3n) is 2.56. The minimum Gasteiger partial charge on any atom is -0.371 e. The van der Waals surface area contributed by atoms with E-state index >= 15 is 0 Å². The van der Waals surface area contributed by atoms with Crippen molar-refractivity contribution in [3.63, 3.8) is 0 Å². The lowest BCUT2D eigenvalue weighted by Crippen LogP contribution is -2.22. The maximum atomic E-state index is 13.6. The Morgan fingerprint density at radius 2 is 1.57 bits per heavy atom. The number of hydrogen-bond acceptors (Lipinski definition) is 2. The van der Waals surface area contributed by atoms with E-state index in [9.17, 15) is 13.6 Å². The van der Waals surface area contributed by atoms with Gasteiger partial charge in [-0.3, -0.25) is 4.79 Å². The summed E-state index contributed by atoms with van der Waals surface area (Å²) in [6.45, 7) is -0.245. The van der Waals surface area contributed by atoms with Crippen molar-refractivity contribution in [2.24, 2.45) is 0 Å². The van der Waals surface area contributed by atoms with Gasteiger partial charge < -0.3 is 10.6 Å². The van der Waals surface area contributed by atoms with Crippen LogP contribution in [0.15, 0.2) is 45.3 Å². The third kappa shape index (κ3) is 4.50. The fraction of sp³-hybridized carbons (Fsp3) is 0.0714. The van der Waals surface area contributed by atoms with E-state index in [1.54, 1.807) is 24.3 Å². The Labute approximate surface area is 137 Å². The molecule has 0 saturated heterocycles. The zero-order valence-corrected chi connectivity index (χ0v) is 13.8. The van der Waals surface area contributed by atoms with Crippen LogP contribution in [-0.4, -0.2) is 12.5 Å². The van der Waals surface area contributed by atoms with Crippen LogP contribution in [0.4, 0.5) is 20.2 Å². The van der Waals surface area contributed by atoms with Crippen molar-refractivity contribution < 1.29 is 13.6 Å². The molecular formula is C14H10Br2F2N2O. The molecule has 0 aliphatic rings. The molecule has 0 fully saturated rings. The lowest BCUT2D eigenvalue weighted by Gasteiger charge is -2.10. The first-order valence-electron chi connectivity index (χ1n) is 5.89. The van der Waals surface area contributed by atoms with Crippen LogP contribution in [0.2, 0.25) is 0 Å². The maximum absolute atomic E-state index is 13.6. The molecule has 2 aromatic rings. The van der Waals surface area contributed by atoms with Gasteiger partial charge in [0, 0.05) is 14.6 Å². The quantitative estimate of drug-likeness (QED) is 0.763. The predicted molar refractivity (Wildman–Crippen MR) is 85.3 cm³/mol. The fourth-order valence-electron chi connectivity index (χ4n) is 1.62. The number of benzene rings is 2. The van der Waals surface area contributed by atoms with Gasteiger partial charge in [0.25, 0.3) is 0 Å². The van der Waals surface area contributed by atoms with Crippen LogP contribution in [0, 0.1) is 11.6 Å². The van der Waals surface area contributed by atoms with Crippen LogP contribution < -0.4 is 10.6 Å². The van der Waals surface area contributed by atoms with Gasteiger partial charge in [-0.25, -0.2) is 8.78 Å². The maximum Gasteiger partial charge on any atom is 0.243 e. The number of nitrogens with one attached hydrogen (secondary N) is 2. The van der Waals surface area contributed by atoms with E-state index in [1.807, 2.05) is 0 Å². The molecule has 0 aliphatic carbocycles. The van der Waals surface area contributed by atoms with Crippen LogP contribution in [0.25, 0.3) is 0 Å². The Kier molecular flexibility index (Phi) is 5.30. The summed E-state index contributed by atoms with van der Waals surface area (Å²) in [7, 11) is 0.